The number of carbonyl (C=O) groups is 2. The van der Waals surface area contributed by atoms with Gasteiger partial charge in [-0.05, 0) is 37.7 Å². The smallest absolute Gasteiger partial charge is 0.343 e. The van der Waals surface area contributed by atoms with Crippen LogP contribution in [0.15, 0.2) is 42.5 Å². The summed E-state index contributed by atoms with van der Waals surface area (Å²) in [6.45, 7) is 8.83. The van der Waals surface area contributed by atoms with Gasteiger partial charge in [0.05, 0.1) is 15.8 Å². The molecule has 1 fully saturated rings. The highest BCUT2D eigenvalue weighted by Crippen LogP contribution is 2.32. The van der Waals surface area contributed by atoms with Crippen molar-refractivity contribution in [3.8, 4) is 5.75 Å². The fraction of sp³-hybridized carbons (Fsp3) is 0.318. The number of esters is 1. The molecule has 1 saturated heterocycles. The van der Waals surface area contributed by atoms with Crippen LogP contribution in [-0.4, -0.2) is 54.4 Å². The van der Waals surface area contributed by atoms with Crippen LogP contribution < -0.4 is 9.64 Å². The van der Waals surface area contributed by atoms with E-state index in [4.69, 9.17) is 9.72 Å². The standard InChI is InChI=1S/C22H23N3O3S/c1-3-24-10-12-25(13-11-24)22-23-19-9-8-18(14-20(19)29-22)28-21(27)17-6-4-16(5-7-17)15(2)26/h4-9,14H,3,10-13H2,1-2H3. The predicted molar refractivity (Wildman–Crippen MR) is 115 cm³/mol. The molecule has 0 bridgehead atoms. The van der Waals surface area contributed by atoms with E-state index in [-0.39, 0.29) is 5.78 Å². The molecule has 0 aliphatic carbocycles. The number of aromatic nitrogens is 1. The molecule has 0 atom stereocenters. The number of hydrogen-bond donors (Lipinski definition) is 0. The van der Waals surface area contributed by atoms with E-state index < -0.39 is 5.97 Å². The number of ketones is 1. The van der Waals surface area contributed by atoms with E-state index in [0.29, 0.717) is 16.9 Å². The van der Waals surface area contributed by atoms with Gasteiger partial charge in [-0.2, -0.15) is 0 Å². The van der Waals surface area contributed by atoms with Crippen molar-refractivity contribution in [1.82, 2.24) is 9.88 Å². The Balaban J connectivity index is 1.47. The number of fused-ring (bicyclic) bond motifs is 1. The van der Waals surface area contributed by atoms with Gasteiger partial charge in [0.15, 0.2) is 10.9 Å². The molecule has 0 unspecified atom stereocenters. The number of piperazine rings is 1. The molecule has 2 aromatic carbocycles. The van der Waals surface area contributed by atoms with Crippen molar-refractivity contribution in [2.75, 3.05) is 37.6 Å². The molecule has 7 heteroatoms. The maximum atomic E-state index is 12.4. The first-order valence-electron chi connectivity index (χ1n) is 9.74. The van der Waals surface area contributed by atoms with Gasteiger partial charge in [0.25, 0.3) is 0 Å². The Morgan fingerprint density at radius 2 is 1.72 bits per heavy atom. The Labute approximate surface area is 173 Å². The van der Waals surface area contributed by atoms with E-state index in [2.05, 4.69) is 16.7 Å². The van der Waals surface area contributed by atoms with E-state index >= 15 is 0 Å². The summed E-state index contributed by atoms with van der Waals surface area (Å²) in [6.07, 6.45) is 0. The maximum Gasteiger partial charge on any atom is 0.343 e. The van der Waals surface area contributed by atoms with Gasteiger partial charge in [0.2, 0.25) is 0 Å². The zero-order chi connectivity index (χ0) is 20.4. The molecule has 1 aliphatic heterocycles. The highest BCUT2D eigenvalue weighted by Gasteiger charge is 2.19. The summed E-state index contributed by atoms with van der Waals surface area (Å²) in [6, 6.07) is 12.0. The Kier molecular flexibility index (Phi) is 5.60. The van der Waals surface area contributed by atoms with E-state index in [1.807, 2.05) is 12.1 Å². The first kappa shape index (κ1) is 19.5. The Morgan fingerprint density at radius 3 is 2.38 bits per heavy atom. The van der Waals surface area contributed by atoms with Crippen LogP contribution >= 0.6 is 11.3 Å². The minimum atomic E-state index is -0.445. The highest BCUT2D eigenvalue weighted by molar-refractivity contribution is 7.22. The number of carbonyl (C=O) groups excluding carboxylic acids is 2. The molecule has 0 radical (unpaired) electrons. The van der Waals surface area contributed by atoms with Crippen molar-refractivity contribution in [3.05, 3.63) is 53.6 Å². The molecular formula is C22H23N3O3S. The summed E-state index contributed by atoms with van der Waals surface area (Å²) in [5, 5.41) is 1.01. The third-order valence-electron chi connectivity index (χ3n) is 5.18. The van der Waals surface area contributed by atoms with Crippen LogP contribution in [0.2, 0.25) is 0 Å². The third-order valence-corrected chi connectivity index (χ3v) is 6.26. The molecule has 6 nitrogen and oxygen atoms in total. The van der Waals surface area contributed by atoms with Crippen molar-refractivity contribution in [2.24, 2.45) is 0 Å². The lowest BCUT2D eigenvalue weighted by atomic mass is 10.1. The van der Waals surface area contributed by atoms with Gasteiger partial charge in [-0.15, -0.1) is 0 Å². The van der Waals surface area contributed by atoms with Crippen LogP contribution in [0.5, 0.6) is 5.75 Å². The summed E-state index contributed by atoms with van der Waals surface area (Å²) in [7, 11) is 0. The van der Waals surface area contributed by atoms with Crippen LogP contribution in [0.3, 0.4) is 0 Å². The minimum absolute atomic E-state index is 0.0347. The molecule has 3 aromatic rings. The van der Waals surface area contributed by atoms with Crippen molar-refractivity contribution in [2.45, 2.75) is 13.8 Å². The SMILES string of the molecule is CCN1CCN(c2nc3ccc(OC(=O)c4ccc(C(C)=O)cc4)cc3s2)CC1. The van der Waals surface area contributed by atoms with Gasteiger partial charge in [-0.25, -0.2) is 9.78 Å². The van der Waals surface area contributed by atoms with Crippen LogP contribution in [-0.2, 0) is 0 Å². The predicted octanol–water partition coefficient (Wildman–Crippen LogP) is 3.86. The van der Waals surface area contributed by atoms with Crippen molar-refractivity contribution in [3.63, 3.8) is 0 Å². The van der Waals surface area contributed by atoms with E-state index in [1.54, 1.807) is 41.7 Å². The molecule has 29 heavy (non-hydrogen) atoms. The number of anilines is 1. The molecule has 2 heterocycles. The molecular weight excluding hydrogens is 386 g/mol. The fourth-order valence-electron chi connectivity index (χ4n) is 3.35. The minimum Gasteiger partial charge on any atom is -0.423 e. The van der Waals surface area contributed by atoms with Gasteiger partial charge in [-0.3, -0.25) is 4.79 Å². The van der Waals surface area contributed by atoms with Crippen LogP contribution in [0, 0.1) is 0 Å². The number of rotatable bonds is 5. The lowest BCUT2D eigenvalue weighted by molar-refractivity contribution is 0.0734. The van der Waals surface area contributed by atoms with E-state index in [1.165, 1.54) is 6.92 Å². The second-order valence-electron chi connectivity index (χ2n) is 7.07. The van der Waals surface area contributed by atoms with E-state index in [9.17, 15) is 9.59 Å². The molecule has 0 spiro atoms. The summed E-state index contributed by atoms with van der Waals surface area (Å²) in [5.74, 6) is 0.0106. The highest BCUT2D eigenvalue weighted by atomic mass is 32.1. The summed E-state index contributed by atoms with van der Waals surface area (Å²) in [4.78, 5) is 33.3. The zero-order valence-corrected chi connectivity index (χ0v) is 17.4. The van der Waals surface area contributed by atoms with Crippen LogP contribution in [0.4, 0.5) is 5.13 Å². The molecule has 150 valence electrons. The molecule has 0 amide bonds. The van der Waals surface area contributed by atoms with Crippen molar-refractivity contribution in [1.29, 1.82) is 0 Å². The lowest BCUT2D eigenvalue weighted by Crippen LogP contribution is -2.46. The number of benzene rings is 2. The summed E-state index contributed by atoms with van der Waals surface area (Å²) >= 11 is 1.62. The number of thiazole rings is 1. The molecule has 0 N–H and O–H groups in total. The third kappa shape index (κ3) is 4.31. The second-order valence-corrected chi connectivity index (χ2v) is 8.08. The van der Waals surface area contributed by atoms with E-state index in [0.717, 1.165) is 48.1 Å². The Bertz CT molecular complexity index is 1040. The fourth-order valence-corrected chi connectivity index (χ4v) is 4.40. The van der Waals surface area contributed by atoms with Crippen molar-refractivity contribution < 1.29 is 14.3 Å². The van der Waals surface area contributed by atoms with Gasteiger partial charge in [-0.1, -0.05) is 30.4 Å². The largest absolute Gasteiger partial charge is 0.423 e. The van der Waals surface area contributed by atoms with Gasteiger partial charge < -0.3 is 14.5 Å². The first-order chi connectivity index (χ1) is 14.0. The number of likely N-dealkylation sites (N-methyl/N-ethyl adjacent to an activating group) is 1. The lowest BCUT2D eigenvalue weighted by Gasteiger charge is -2.33. The van der Waals surface area contributed by atoms with Gasteiger partial charge in [0, 0.05) is 37.8 Å². The molecule has 0 saturated carbocycles. The van der Waals surface area contributed by atoms with Gasteiger partial charge in [0.1, 0.15) is 5.75 Å². The zero-order valence-electron chi connectivity index (χ0n) is 16.6. The second kappa shape index (κ2) is 8.31. The summed E-state index contributed by atoms with van der Waals surface area (Å²) in [5.41, 5.74) is 1.89. The monoisotopic (exact) mass is 409 g/mol. The molecule has 4 rings (SSSR count). The topological polar surface area (TPSA) is 62.7 Å². The average Bonchev–Trinajstić information content (AvgIpc) is 3.17. The average molecular weight is 410 g/mol. The maximum absolute atomic E-state index is 12.4. The quantitative estimate of drug-likeness (QED) is 0.362. The number of ether oxygens (including phenoxy) is 1. The summed E-state index contributed by atoms with van der Waals surface area (Å²) < 4.78 is 6.52. The Morgan fingerprint density at radius 1 is 1.03 bits per heavy atom. The molecule has 1 aromatic heterocycles. The van der Waals surface area contributed by atoms with Crippen LogP contribution in [0.25, 0.3) is 10.2 Å². The normalized spacial score (nSPS) is 14.9. The van der Waals surface area contributed by atoms with Gasteiger partial charge >= 0.3 is 5.97 Å². The van der Waals surface area contributed by atoms with Crippen LogP contribution in [0.1, 0.15) is 34.6 Å². The number of Topliss-reactive ketones (excluding diaryl/α,β-unsaturated/α-hetero) is 1. The number of nitrogens with zero attached hydrogens (tertiary/aromatic N) is 3. The molecule has 1 aliphatic rings. The van der Waals surface area contributed by atoms with Crippen molar-refractivity contribution >= 4 is 38.4 Å². The number of hydrogen-bond acceptors (Lipinski definition) is 7. The first-order valence-corrected chi connectivity index (χ1v) is 10.6. The Hall–Kier alpha value is -2.77.